The Morgan fingerprint density at radius 2 is 2.00 bits per heavy atom. The summed E-state index contributed by atoms with van der Waals surface area (Å²) < 4.78 is 0. The second-order valence-corrected chi connectivity index (χ2v) is 6.17. The third-order valence-corrected chi connectivity index (χ3v) is 4.86. The second-order valence-electron chi connectivity index (χ2n) is 5.76. The summed E-state index contributed by atoms with van der Waals surface area (Å²) in [6.07, 6.45) is 2.78. The van der Waals surface area contributed by atoms with E-state index >= 15 is 0 Å². The minimum atomic E-state index is -0.273. The Kier molecular flexibility index (Phi) is 3.89. The van der Waals surface area contributed by atoms with Gasteiger partial charge in [0.05, 0.1) is 6.04 Å². The first-order valence-electron chi connectivity index (χ1n) is 7.44. The van der Waals surface area contributed by atoms with Crippen LogP contribution in [0.5, 0.6) is 0 Å². The molecule has 0 aromatic heterocycles. The lowest BCUT2D eigenvalue weighted by Gasteiger charge is -2.44. The predicted molar refractivity (Wildman–Crippen MR) is 80.9 cm³/mol. The number of piperazine rings is 1. The highest BCUT2D eigenvalue weighted by atomic mass is 35.5. The Morgan fingerprint density at radius 3 is 2.76 bits per heavy atom. The zero-order chi connectivity index (χ0) is 15.0. The highest BCUT2D eigenvalue weighted by Gasteiger charge is 2.42. The Bertz CT molecular complexity index is 575. The van der Waals surface area contributed by atoms with Crippen LogP contribution in [0.4, 0.5) is 0 Å². The van der Waals surface area contributed by atoms with Crippen LogP contribution < -0.4 is 0 Å². The number of carbonyl (C=O) groups excluding carboxylic acids is 2. The van der Waals surface area contributed by atoms with Crippen LogP contribution in [0.3, 0.4) is 0 Å². The van der Waals surface area contributed by atoms with Crippen LogP contribution >= 0.6 is 11.6 Å². The lowest BCUT2D eigenvalue weighted by molar-refractivity contribution is -0.159. The first-order chi connectivity index (χ1) is 10.1. The standard InChI is InChI=1S/C16H19ClN2O2/c1-11(12-6-2-3-7-13(12)17)19-10-15(20)18-9-5-4-8-14(18)16(19)21/h2-3,6-7,11,14H,4-5,8-10H2,1H3. The van der Waals surface area contributed by atoms with Crippen molar-refractivity contribution in [1.29, 1.82) is 0 Å². The zero-order valence-corrected chi connectivity index (χ0v) is 12.8. The molecule has 2 fully saturated rings. The fourth-order valence-corrected chi connectivity index (χ4v) is 3.60. The van der Waals surface area contributed by atoms with Crippen molar-refractivity contribution < 1.29 is 9.59 Å². The lowest BCUT2D eigenvalue weighted by Crippen LogP contribution is -2.61. The molecule has 112 valence electrons. The summed E-state index contributed by atoms with van der Waals surface area (Å²) in [5.41, 5.74) is 0.893. The highest BCUT2D eigenvalue weighted by molar-refractivity contribution is 6.31. The normalized spacial score (nSPS) is 24.0. The minimum Gasteiger partial charge on any atom is -0.329 e. The fourth-order valence-electron chi connectivity index (χ4n) is 3.30. The van der Waals surface area contributed by atoms with Crippen LogP contribution in [0.15, 0.2) is 24.3 Å². The van der Waals surface area contributed by atoms with Gasteiger partial charge in [0, 0.05) is 11.6 Å². The molecule has 0 bridgehead atoms. The van der Waals surface area contributed by atoms with Gasteiger partial charge in [-0.25, -0.2) is 0 Å². The lowest BCUT2D eigenvalue weighted by atomic mass is 9.96. The SMILES string of the molecule is CC(c1ccccc1Cl)N1CC(=O)N2CCCCC2C1=O. The molecular weight excluding hydrogens is 288 g/mol. The molecule has 2 atom stereocenters. The summed E-state index contributed by atoms with van der Waals surface area (Å²) in [6, 6.07) is 7.05. The van der Waals surface area contributed by atoms with E-state index in [0.717, 1.165) is 24.8 Å². The molecule has 2 aliphatic rings. The van der Waals surface area contributed by atoms with Gasteiger partial charge < -0.3 is 9.80 Å². The van der Waals surface area contributed by atoms with Gasteiger partial charge >= 0.3 is 0 Å². The molecule has 21 heavy (non-hydrogen) atoms. The summed E-state index contributed by atoms with van der Waals surface area (Å²) in [6.45, 7) is 2.80. The molecule has 0 saturated carbocycles. The number of piperidine rings is 1. The number of hydrogen-bond acceptors (Lipinski definition) is 2. The van der Waals surface area contributed by atoms with Gasteiger partial charge in [0.2, 0.25) is 11.8 Å². The van der Waals surface area contributed by atoms with Crippen LogP contribution in [0, 0.1) is 0 Å². The first kappa shape index (κ1) is 14.4. The quantitative estimate of drug-likeness (QED) is 0.843. The molecule has 2 amide bonds. The van der Waals surface area contributed by atoms with E-state index in [0.29, 0.717) is 11.6 Å². The molecule has 2 saturated heterocycles. The van der Waals surface area contributed by atoms with Crippen LogP contribution in [0.1, 0.15) is 37.8 Å². The first-order valence-corrected chi connectivity index (χ1v) is 7.82. The maximum Gasteiger partial charge on any atom is 0.246 e. The number of amides is 2. The smallest absolute Gasteiger partial charge is 0.246 e. The monoisotopic (exact) mass is 306 g/mol. The number of fused-ring (bicyclic) bond motifs is 1. The Labute approximate surface area is 129 Å². The summed E-state index contributed by atoms with van der Waals surface area (Å²) in [5.74, 6) is 0.111. The molecule has 4 nitrogen and oxygen atoms in total. The molecule has 0 N–H and O–H groups in total. The summed E-state index contributed by atoms with van der Waals surface area (Å²) in [7, 11) is 0. The summed E-state index contributed by atoms with van der Waals surface area (Å²) in [5, 5.41) is 0.635. The van der Waals surface area contributed by atoms with Gasteiger partial charge in [-0.3, -0.25) is 9.59 Å². The second kappa shape index (κ2) is 5.68. The molecular formula is C16H19ClN2O2. The number of carbonyl (C=O) groups is 2. The molecule has 2 aliphatic heterocycles. The number of hydrogen-bond donors (Lipinski definition) is 0. The van der Waals surface area contributed by atoms with E-state index in [-0.39, 0.29) is 30.4 Å². The maximum atomic E-state index is 12.7. The third kappa shape index (κ3) is 2.53. The van der Waals surface area contributed by atoms with Crippen molar-refractivity contribution >= 4 is 23.4 Å². The van der Waals surface area contributed by atoms with E-state index in [4.69, 9.17) is 11.6 Å². The third-order valence-electron chi connectivity index (χ3n) is 4.52. The van der Waals surface area contributed by atoms with Gasteiger partial charge in [-0.05, 0) is 37.8 Å². The molecule has 0 aliphatic carbocycles. The van der Waals surface area contributed by atoms with E-state index in [9.17, 15) is 9.59 Å². The van der Waals surface area contributed by atoms with Crippen molar-refractivity contribution in [2.45, 2.75) is 38.3 Å². The van der Waals surface area contributed by atoms with Crippen LogP contribution in [-0.4, -0.2) is 40.7 Å². The topological polar surface area (TPSA) is 40.6 Å². The Hall–Kier alpha value is -1.55. The Morgan fingerprint density at radius 1 is 1.24 bits per heavy atom. The maximum absolute atomic E-state index is 12.7. The van der Waals surface area contributed by atoms with Gasteiger partial charge in [-0.1, -0.05) is 29.8 Å². The number of nitrogens with zero attached hydrogens (tertiary/aromatic N) is 2. The van der Waals surface area contributed by atoms with E-state index in [1.165, 1.54) is 0 Å². The molecule has 1 aromatic carbocycles. The van der Waals surface area contributed by atoms with Gasteiger partial charge in [-0.15, -0.1) is 0 Å². The van der Waals surface area contributed by atoms with E-state index < -0.39 is 0 Å². The molecule has 5 heteroatoms. The van der Waals surface area contributed by atoms with Crippen LogP contribution in [-0.2, 0) is 9.59 Å². The largest absolute Gasteiger partial charge is 0.329 e. The number of rotatable bonds is 2. The van der Waals surface area contributed by atoms with E-state index in [2.05, 4.69) is 0 Å². The van der Waals surface area contributed by atoms with Gasteiger partial charge in [0.15, 0.2) is 0 Å². The zero-order valence-electron chi connectivity index (χ0n) is 12.1. The number of benzene rings is 1. The highest BCUT2D eigenvalue weighted by Crippen LogP contribution is 2.31. The van der Waals surface area contributed by atoms with Crippen LogP contribution in [0.2, 0.25) is 5.02 Å². The number of halogens is 1. The van der Waals surface area contributed by atoms with Crippen molar-refractivity contribution in [2.24, 2.45) is 0 Å². The van der Waals surface area contributed by atoms with Crippen LogP contribution in [0.25, 0.3) is 0 Å². The van der Waals surface area contributed by atoms with Gasteiger partial charge in [0.25, 0.3) is 0 Å². The average Bonchev–Trinajstić information content (AvgIpc) is 2.51. The Balaban J connectivity index is 1.87. The fraction of sp³-hybridized carbons (Fsp3) is 0.500. The van der Waals surface area contributed by atoms with Crippen molar-refractivity contribution in [3.63, 3.8) is 0 Å². The van der Waals surface area contributed by atoms with Crippen molar-refractivity contribution in [2.75, 3.05) is 13.1 Å². The van der Waals surface area contributed by atoms with E-state index in [1.54, 1.807) is 9.80 Å². The average molecular weight is 307 g/mol. The van der Waals surface area contributed by atoms with Crippen molar-refractivity contribution in [3.8, 4) is 0 Å². The summed E-state index contributed by atoms with van der Waals surface area (Å²) in [4.78, 5) is 28.5. The molecule has 3 rings (SSSR count). The van der Waals surface area contributed by atoms with Crippen molar-refractivity contribution in [1.82, 2.24) is 9.80 Å². The predicted octanol–water partition coefficient (Wildman–Crippen LogP) is 2.62. The molecule has 0 radical (unpaired) electrons. The molecule has 2 heterocycles. The molecule has 0 spiro atoms. The van der Waals surface area contributed by atoms with Gasteiger partial charge in [0.1, 0.15) is 12.6 Å². The molecule has 2 unspecified atom stereocenters. The van der Waals surface area contributed by atoms with Gasteiger partial charge in [-0.2, -0.15) is 0 Å². The van der Waals surface area contributed by atoms with E-state index in [1.807, 2.05) is 31.2 Å². The minimum absolute atomic E-state index is 0.0539. The van der Waals surface area contributed by atoms with Crippen molar-refractivity contribution in [3.05, 3.63) is 34.9 Å². The summed E-state index contributed by atoms with van der Waals surface area (Å²) >= 11 is 6.23. The molecule has 1 aromatic rings.